The van der Waals surface area contributed by atoms with Gasteiger partial charge in [0.1, 0.15) is 0 Å². The average molecular weight is 233 g/mol. The van der Waals surface area contributed by atoms with Crippen LogP contribution in [0.1, 0.15) is 0 Å². The third kappa shape index (κ3) is 6.42. The Labute approximate surface area is 90.4 Å². The van der Waals surface area contributed by atoms with E-state index in [1.165, 1.54) is 24.3 Å². The van der Waals surface area contributed by atoms with Gasteiger partial charge in [-0.1, -0.05) is 11.6 Å². The Morgan fingerprint density at radius 2 is 1.87 bits per heavy atom. The molecule has 0 unspecified atom stereocenters. The second-order valence-corrected chi connectivity index (χ2v) is 2.77. The second-order valence-electron chi connectivity index (χ2n) is 2.33. The Kier molecular flexibility index (Phi) is 6.00. The van der Waals surface area contributed by atoms with E-state index in [0.29, 0.717) is 5.02 Å². The molecule has 0 bridgehead atoms. The quantitative estimate of drug-likeness (QED) is 0.590. The van der Waals surface area contributed by atoms with Crippen molar-refractivity contribution in [3.05, 3.63) is 39.4 Å². The topological polar surface area (TPSA) is 106 Å². The molecular formula is C8H9ClN2O4. The van der Waals surface area contributed by atoms with Gasteiger partial charge in [0.25, 0.3) is 5.69 Å². The maximum Gasteiger partial charge on any atom is 0.317 e. The van der Waals surface area contributed by atoms with Crippen molar-refractivity contribution < 1.29 is 14.8 Å². The van der Waals surface area contributed by atoms with Crippen LogP contribution in [0.25, 0.3) is 0 Å². The van der Waals surface area contributed by atoms with Crippen molar-refractivity contribution in [3.63, 3.8) is 0 Å². The van der Waals surface area contributed by atoms with E-state index in [0.717, 1.165) is 0 Å². The zero-order valence-corrected chi connectivity index (χ0v) is 8.35. The average Bonchev–Trinajstić information content (AvgIpc) is 2.19. The summed E-state index contributed by atoms with van der Waals surface area (Å²) in [7, 11) is 0. The fourth-order valence-electron chi connectivity index (χ4n) is 0.563. The van der Waals surface area contributed by atoms with Gasteiger partial charge in [0.05, 0.1) is 11.5 Å². The third-order valence-electron chi connectivity index (χ3n) is 1.21. The van der Waals surface area contributed by atoms with Crippen LogP contribution in [0.2, 0.25) is 5.02 Å². The number of non-ortho nitro benzene ring substituents is 1. The summed E-state index contributed by atoms with van der Waals surface area (Å²) in [5, 5.41) is 18.2. The van der Waals surface area contributed by atoms with Gasteiger partial charge < -0.3 is 10.8 Å². The molecule has 0 aromatic heterocycles. The van der Waals surface area contributed by atoms with Crippen LogP contribution in [0, 0.1) is 10.1 Å². The summed E-state index contributed by atoms with van der Waals surface area (Å²) >= 11 is 5.49. The summed E-state index contributed by atoms with van der Waals surface area (Å²) in [6, 6.07) is 5.70. The van der Waals surface area contributed by atoms with Crippen LogP contribution in [0.4, 0.5) is 5.69 Å². The van der Waals surface area contributed by atoms with Gasteiger partial charge in [-0.25, -0.2) is 0 Å². The number of nitro groups is 1. The predicted octanol–water partition coefficient (Wildman–Crippen LogP) is 1.28. The van der Waals surface area contributed by atoms with Crippen LogP contribution in [0.3, 0.4) is 0 Å². The first-order chi connectivity index (χ1) is 6.97. The molecule has 0 saturated heterocycles. The van der Waals surface area contributed by atoms with Gasteiger partial charge in [-0.2, -0.15) is 0 Å². The maximum absolute atomic E-state index is 10.1. The minimum atomic E-state index is -0.968. The summed E-state index contributed by atoms with van der Waals surface area (Å²) in [5.41, 5.74) is 4.63. The van der Waals surface area contributed by atoms with E-state index in [9.17, 15) is 14.9 Å². The van der Waals surface area contributed by atoms with Gasteiger partial charge >= 0.3 is 5.97 Å². The number of carbonyl (C=O) groups is 1. The van der Waals surface area contributed by atoms with Crippen molar-refractivity contribution in [2.75, 3.05) is 6.54 Å². The SMILES string of the molecule is NCC(=O)O.O=[N+]([O-])c1ccc(Cl)cc1. The van der Waals surface area contributed by atoms with Gasteiger partial charge in [-0.3, -0.25) is 14.9 Å². The lowest BCUT2D eigenvalue weighted by Gasteiger charge is -1.88. The zero-order chi connectivity index (χ0) is 11.8. The summed E-state index contributed by atoms with van der Waals surface area (Å²) < 4.78 is 0. The van der Waals surface area contributed by atoms with E-state index in [1.807, 2.05) is 0 Å². The van der Waals surface area contributed by atoms with E-state index in [4.69, 9.17) is 16.7 Å². The third-order valence-corrected chi connectivity index (χ3v) is 1.46. The van der Waals surface area contributed by atoms with Crippen molar-refractivity contribution in [1.82, 2.24) is 0 Å². The van der Waals surface area contributed by atoms with Crippen molar-refractivity contribution >= 4 is 23.3 Å². The van der Waals surface area contributed by atoms with Gasteiger partial charge in [-0.05, 0) is 12.1 Å². The summed E-state index contributed by atoms with van der Waals surface area (Å²) in [4.78, 5) is 18.9. The number of nitrogens with zero attached hydrogens (tertiary/aromatic N) is 1. The van der Waals surface area contributed by atoms with Gasteiger partial charge in [0.2, 0.25) is 0 Å². The molecule has 7 heteroatoms. The molecule has 1 rings (SSSR count). The largest absolute Gasteiger partial charge is 0.480 e. The Bertz CT molecular complexity index is 339. The fraction of sp³-hybridized carbons (Fsp3) is 0.125. The first-order valence-corrected chi connectivity index (χ1v) is 4.17. The number of rotatable bonds is 2. The van der Waals surface area contributed by atoms with Crippen molar-refractivity contribution in [1.29, 1.82) is 0 Å². The Morgan fingerprint density at radius 3 is 2.13 bits per heavy atom. The summed E-state index contributed by atoms with van der Waals surface area (Å²) in [5.74, 6) is -0.968. The van der Waals surface area contributed by atoms with Crippen LogP contribution in [-0.4, -0.2) is 22.5 Å². The van der Waals surface area contributed by atoms with E-state index < -0.39 is 10.9 Å². The molecule has 15 heavy (non-hydrogen) atoms. The number of carboxylic acid groups (broad SMARTS) is 1. The van der Waals surface area contributed by atoms with Crippen LogP contribution in [-0.2, 0) is 4.79 Å². The molecule has 0 fully saturated rings. The second kappa shape index (κ2) is 6.74. The Hall–Kier alpha value is -1.66. The van der Waals surface area contributed by atoms with E-state index >= 15 is 0 Å². The molecule has 0 radical (unpaired) electrons. The normalized spacial score (nSPS) is 8.67. The highest BCUT2D eigenvalue weighted by atomic mass is 35.5. The monoisotopic (exact) mass is 232 g/mol. The standard InChI is InChI=1S/C6H4ClNO2.C2H5NO2/c7-5-1-3-6(4-2-5)8(9)10;3-1-2(4)5/h1-4H;1,3H2,(H,4,5). The maximum atomic E-state index is 10.1. The number of carboxylic acids is 1. The van der Waals surface area contributed by atoms with E-state index in [-0.39, 0.29) is 12.2 Å². The van der Waals surface area contributed by atoms with Gasteiger partial charge in [0.15, 0.2) is 0 Å². The molecule has 1 aromatic rings. The molecule has 0 saturated carbocycles. The van der Waals surface area contributed by atoms with Gasteiger partial charge in [-0.15, -0.1) is 0 Å². The molecule has 82 valence electrons. The molecule has 6 nitrogen and oxygen atoms in total. The molecule has 0 aliphatic heterocycles. The lowest BCUT2D eigenvalue weighted by molar-refractivity contribution is -0.384. The van der Waals surface area contributed by atoms with Gasteiger partial charge in [0, 0.05) is 17.2 Å². The van der Waals surface area contributed by atoms with Crippen LogP contribution in [0.5, 0.6) is 0 Å². The smallest absolute Gasteiger partial charge is 0.317 e. The Balaban J connectivity index is 0.000000336. The first kappa shape index (κ1) is 13.3. The lowest BCUT2D eigenvalue weighted by atomic mass is 10.3. The zero-order valence-electron chi connectivity index (χ0n) is 7.59. The van der Waals surface area contributed by atoms with Crippen molar-refractivity contribution in [2.45, 2.75) is 0 Å². The summed E-state index contributed by atoms with van der Waals surface area (Å²) in [6.45, 7) is -0.278. The van der Waals surface area contributed by atoms with Crippen LogP contribution in [0.15, 0.2) is 24.3 Å². The van der Waals surface area contributed by atoms with E-state index in [2.05, 4.69) is 5.73 Å². The number of halogens is 1. The molecule has 1 aromatic carbocycles. The number of hydrogen-bond acceptors (Lipinski definition) is 4. The minimum Gasteiger partial charge on any atom is -0.480 e. The fourth-order valence-corrected chi connectivity index (χ4v) is 0.689. The predicted molar refractivity (Wildman–Crippen MR) is 54.8 cm³/mol. The highest BCUT2D eigenvalue weighted by Crippen LogP contribution is 2.14. The number of benzene rings is 1. The lowest BCUT2D eigenvalue weighted by Crippen LogP contribution is -2.10. The Morgan fingerprint density at radius 1 is 1.47 bits per heavy atom. The number of nitro benzene ring substituents is 1. The molecule has 3 N–H and O–H groups in total. The molecule has 0 aliphatic rings. The molecule has 0 amide bonds. The highest BCUT2D eigenvalue weighted by molar-refractivity contribution is 6.30. The number of nitrogens with two attached hydrogens (primary N) is 1. The highest BCUT2D eigenvalue weighted by Gasteiger charge is 2.01. The molecule has 0 heterocycles. The van der Waals surface area contributed by atoms with Crippen molar-refractivity contribution in [3.8, 4) is 0 Å². The van der Waals surface area contributed by atoms with Crippen LogP contribution < -0.4 is 5.73 Å². The first-order valence-electron chi connectivity index (χ1n) is 3.79. The molecular weight excluding hydrogens is 224 g/mol. The number of aliphatic carboxylic acids is 1. The van der Waals surface area contributed by atoms with E-state index in [1.54, 1.807) is 0 Å². The molecule has 0 atom stereocenters. The number of hydrogen-bond donors (Lipinski definition) is 2. The summed E-state index contributed by atoms with van der Waals surface area (Å²) in [6.07, 6.45) is 0. The van der Waals surface area contributed by atoms with Crippen molar-refractivity contribution in [2.24, 2.45) is 5.73 Å². The molecule has 0 spiro atoms. The van der Waals surface area contributed by atoms with Crippen LogP contribution >= 0.6 is 11.6 Å². The minimum absolute atomic E-state index is 0.0596. The molecule has 0 aliphatic carbocycles.